The largest absolute Gasteiger partial charge is 0.489 e. The molecule has 142 valence electrons. The van der Waals surface area contributed by atoms with Crippen LogP contribution in [0.4, 0.5) is 4.79 Å². The van der Waals surface area contributed by atoms with Gasteiger partial charge in [-0.05, 0) is 32.0 Å². The van der Waals surface area contributed by atoms with Crippen molar-refractivity contribution >= 4 is 17.9 Å². The summed E-state index contributed by atoms with van der Waals surface area (Å²) in [4.78, 5) is 35.7. The highest BCUT2D eigenvalue weighted by Crippen LogP contribution is 2.16. The fraction of sp³-hybridized carbons (Fsp3) is 0.250. The maximum atomic E-state index is 12.4. The first-order valence-electron chi connectivity index (χ1n) is 8.56. The van der Waals surface area contributed by atoms with Crippen LogP contribution in [0.5, 0.6) is 5.75 Å². The number of esters is 1. The molecule has 0 aliphatic heterocycles. The van der Waals surface area contributed by atoms with Gasteiger partial charge >= 0.3 is 12.0 Å². The lowest BCUT2D eigenvalue weighted by atomic mass is 10.1. The molecule has 0 saturated heterocycles. The van der Waals surface area contributed by atoms with Crippen LogP contribution in [0.25, 0.3) is 0 Å². The first-order chi connectivity index (χ1) is 13.0. The van der Waals surface area contributed by atoms with Crippen molar-refractivity contribution in [1.29, 1.82) is 0 Å². The van der Waals surface area contributed by atoms with Gasteiger partial charge in [0.15, 0.2) is 6.10 Å². The monoisotopic (exact) mass is 370 g/mol. The lowest BCUT2D eigenvalue weighted by molar-refractivity contribution is -0.127. The molecule has 2 N–H and O–H groups in total. The second kappa shape index (κ2) is 9.96. The highest BCUT2D eigenvalue weighted by atomic mass is 16.5. The number of urea groups is 1. The van der Waals surface area contributed by atoms with Crippen molar-refractivity contribution in [3.8, 4) is 5.75 Å². The molecule has 0 radical (unpaired) electrons. The van der Waals surface area contributed by atoms with E-state index in [1.54, 1.807) is 31.2 Å². The second-order valence-corrected chi connectivity index (χ2v) is 5.66. The number of imide groups is 1. The zero-order valence-electron chi connectivity index (χ0n) is 15.2. The highest BCUT2D eigenvalue weighted by Gasteiger charge is 2.22. The number of carbonyl (C=O) groups is 3. The minimum atomic E-state index is -1.12. The van der Waals surface area contributed by atoms with E-state index in [4.69, 9.17) is 9.47 Å². The van der Waals surface area contributed by atoms with E-state index in [0.29, 0.717) is 23.4 Å². The van der Waals surface area contributed by atoms with E-state index in [-0.39, 0.29) is 6.61 Å². The number of nitrogens with one attached hydrogen (secondary N) is 2. The zero-order valence-corrected chi connectivity index (χ0v) is 15.2. The predicted octanol–water partition coefficient (Wildman–Crippen LogP) is 2.66. The van der Waals surface area contributed by atoms with E-state index >= 15 is 0 Å². The number of hydrogen-bond acceptors (Lipinski definition) is 5. The molecule has 0 heterocycles. The van der Waals surface area contributed by atoms with Gasteiger partial charge in [0.25, 0.3) is 5.91 Å². The predicted molar refractivity (Wildman–Crippen MR) is 99.3 cm³/mol. The normalized spacial score (nSPS) is 11.2. The molecule has 2 aromatic rings. The lowest BCUT2D eigenvalue weighted by Crippen LogP contribution is -2.44. The van der Waals surface area contributed by atoms with Crippen LogP contribution >= 0.6 is 0 Å². The van der Waals surface area contributed by atoms with Crippen molar-refractivity contribution in [3.05, 3.63) is 65.7 Å². The molecule has 7 nitrogen and oxygen atoms in total. The minimum absolute atomic E-state index is 0.175. The van der Waals surface area contributed by atoms with Gasteiger partial charge in [-0.25, -0.2) is 9.59 Å². The van der Waals surface area contributed by atoms with Crippen molar-refractivity contribution in [2.75, 3.05) is 6.54 Å². The number of para-hydroxylation sites is 1. The molecular formula is C20H22N2O5. The Kier molecular flexibility index (Phi) is 7.37. The number of benzene rings is 2. The second-order valence-electron chi connectivity index (χ2n) is 5.66. The number of amides is 3. The fourth-order valence-corrected chi connectivity index (χ4v) is 2.22. The lowest BCUT2D eigenvalue weighted by Gasteiger charge is -2.15. The first kappa shape index (κ1) is 20.0. The Morgan fingerprint density at radius 3 is 2.37 bits per heavy atom. The summed E-state index contributed by atoms with van der Waals surface area (Å²) in [6.07, 6.45) is -1.12. The summed E-state index contributed by atoms with van der Waals surface area (Å²) in [7, 11) is 0. The number of hydrogen-bond donors (Lipinski definition) is 2. The van der Waals surface area contributed by atoms with Crippen LogP contribution in [0.2, 0.25) is 0 Å². The maximum Gasteiger partial charge on any atom is 0.339 e. The van der Waals surface area contributed by atoms with E-state index < -0.39 is 24.0 Å². The molecule has 1 atom stereocenters. The summed E-state index contributed by atoms with van der Waals surface area (Å²) < 4.78 is 10.9. The number of rotatable bonds is 7. The Morgan fingerprint density at radius 1 is 1.00 bits per heavy atom. The highest BCUT2D eigenvalue weighted by molar-refractivity contribution is 5.98. The molecule has 3 amide bonds. The van der Waals surface area contributed by atoms with Crippen molar-refractivity contribution in [2.45, 2.75) is 26.6 Å². The molecule has 2 rings (SSSR count). The van der Waals surface area contributed by atoms with E-state index in [1.807, 2.05) is 30.3 Å². The van der Waals surface area contributed by atoms with E-state index in [9.17, 15) is 14.4 Å². The Balaban J connectivity index is 1.99. The van der Waals surface area contributed by atoms with Gasteiger partial charge in [-0.15, -0.1) is 0 Å². The standard InChI is InChI=1S/C20H22N2O5/c1-3-21-20(25)22-18(23)14(2)27-19(24)17-12-8-7-9-15(17)13-26-16-10-5-4-6-11-16/h4-12,14H,3,13H2,1-2H3,(H2,21,22,23,25). The van der Waals surface area contributed by atoms with Crippen molar-refractivity contribution in [2.24, 2.45) is 0 Å². The Hall–Kier alpha value is -3.35. The van der Waals surface area contributed by atoms with Gasteiger partial charge in [0.1, 0.15) is 12.4 Å². The van der Waals surface area contributed by atoms with Crippen LogP contribution in [-0.4, -0.2) is 30.6 Å². The minimum Gasteiger partial charge on any atom is -0.489 e. The van der Waals surface area contributed by atoms with Gasteiger partial charge in [0, 0.05) is 12.1 Å². The molecule has 0 aliphatic rings. The SMILES string of the molecule is CCNC(=O)NC(=O)C(C)OC(=O)c1ccccc1COc1ccccc1. The van der Waals surface area contributed by atoms with Gasteiger partial charge in [0.05, 0.1) is 5.56 Å². The van der Waals surface area contributed by atoms with Crippen LogP contribution in [0.3, 0.4) is 0 Å². The number of ether oxygens (including phenoxy) is 2. The average molecular weight is 370 g/mol. The van der Waals surface area contributed by atoms with E-state index in [1.165, 1.54) is 6.92 Å². The molecule has 0 saturated carbocycles. The van der Waals surface area contributed by atoms with Crippen LogP contribution in [0.1, 0.15) is 29.8 Å². The first-order valence-corrected chi connectivity index (χ1v) is 8.56. The summed E-state index contributed by atoms with van der Waals surface area (Å²) in [5, 5.41) is 4.54. The third kappa shape index (κ3) is 6.14. The van der Waals surface area contributed by atoms with Gasteiger partial charge in [-0.2, -0.15) is 0 Å². The molecule has 2 aromatic carbocycles. The summed E-state index contributed by atoms with van der Waals surface area (Å²) in [6.45, 7) is 3.67. The third-order valence-electron chi connectivity index (χ3n) is 3.60. The molecular weight excluding hydrogens is 348 g/mol. The topological polar surface area (TPSA) is 93.7 Å². The Bertz CT molecular complexity index is 792. The van der Waals surface area contributed by atoms with E-state index in [2.05, 4.69) is 10.6 Å². The summed E-state index contributed by atoms with van der Waals surface area (Å²) >= 11 is 0. The van der Waals surface area contributed by atoms with Gasteiger partial charge in [0.2, 0.25) is 0 Å². The zero-order chi connectivity index (χ0) is 19.6. The van der Waals surface area contributed by atoms with Crippen molar-refractivity contribution in [1.82, 2.24) is 10.6 Å². The smallest absolute Gasteiger partial charge is 0.339 e. The van der Waals surface area contributed by atoms with Gasteiger partial charge in [-0.3, -0.25) is 10.1 Å². The molecule has 0 bridgehead atoms. The van der Waals surface area contributed by atoms with Crippen LogP contribution in [-0.2, 0) is 16.1 Å². The van der Waals surface area contributed by atoms with Crippen LogP contribution in [0, 0.1) is 0 Å². The Morgan fingerprint density at radius 2 is 1.67 bits per heavy atom. The Labute approximate surface area is 157 Å². The molecule has 0 fully saturated rings. The number of carbonyl (C=O) groups excluding carboxylic acids is 3. The summed E-state index contributed by atoms with van der Waals surface area (Å²) in [6, 6.07) is 15.4. The van der Waals surface area contributed by atoms with Crippen molar-refractivity contribution in [3.63, 3.8) is 0 Å². The van der Waals surface area contributed by atoms with Crippen molar-refractivity contribution < 1.29 is 23.9 Å². The van der Waals surface area contributed by atoms with Crippen LogP contribution in [0.15, 0.2) is 54.6 Å². The fourth-order valence-electron chi connectivity index (χ4n) is 2.22. The average Bonchev–Trinajstić information content (AvgIpc) is 2.67. The molecule has 1 unspecified atom stereocenters. The van der Waals surface area contributed by atoms with Crippen LogP contribution < -0.4 is 15.4 Å². The van der Waals surface area contributed by atoms with E-state index in [0.717, 1.165) is 0 Å². The quantitative estimate of drug-likeness (QED) is 0.731. The molecule has 27 heavy (non-hydrogen) atoms. The summed E-state index contributed by atoms with van der Waals surface area (Å²) in [5.74, 6) is -0.691. The van der Waals surface area contributed by atoms with Gasteiger partial charge in [-0.1, -0.05) is 36.4 Å². The molecule has 0 aliphatic carbocycles. The molecule has 0 spiro atoms. The third-order valence-corrected chi connectivity index (χ3v) is 3.60. The molecule has 7 heteroatoms. The van der Waals surface area contributed by atoms with Gasteiger partial charge < -0.3 is 14.8 Å². The maximum absolute atomic E-state index is 12.4. The molecule has 0 aromatic heterocycles. The summed E-state index contributed by atoms with van der Waals surface area (Å²) in [5.41, 5.74) is 0.925.